The predicted molar refractivity (Wildman–Crippen MR) is 82.7 cm³/mol. The van der Waals surface area contributed by atoms with E-state index in [0.29, 0.717) is 10.5 Å². The number of aromatic nitrogens is 4. The van der Waals surface area contributed by atoms with Crippen molar-refractivity contribution < 1.29 is 4.42 Å². The number of oxazole rings is 1. The predicted octanol–water partition coefficient (Wildman–Crippen LogP) is 3.78. The van der Waals surface area contributed by atoms with Crippen molar-refractivity contribution in [1.82, 2.24) is 19.5 Å². The zero-order valence-corrected chi connectivity index (χ0v) is 12.7. The molecule has 0 bridgehead atoms. The van der Waals surface area contributed by atoms with E-state index in [2.05, 4.69) is 19.5 Å². The number of H-pyrrole nitrogens is 1. The van der Waals surface area contributed by atoms with Gasteiger partial charge in [-0.3, -0.25) is 0 Å². The van der Waals surface area contributed by atoms with Crippen LogP contribution in [0.2, 0.25) is 0 Å². The highest BCUT2D eigenvalue weighted by atomic mass is 32.1. The van der Waals surface area contributed by atoms with Crippen molar-refractivity contribution >= 4 is 23.3 Å². The highest BCUT2D eigenvalue weighted by Crippen LogP contribution is 2.36. The molecule has 1 aliphatic rings. The van der Waals surface area contributed by atoms with Gasteiger partial charge in [-0.2, -0.15) is 0 Å². The molecule has 0 aromatic carbocycles. The second kappa shape index (κ2) is 4.80. The van der Waals surface area contributed by atoms with Gasteiger partial charge in [-0.1, -0.05) is 18.6 Å². The maximum atomic E-state index is 5.78. The molecule has 0 fully saturated rings. The quantitative estimate of drug-likeness (QED) is 0.695. The number of rotatable bonds is 1. The number of hydrogen-bond donors (Lipinski definition) is 1. The van der Waals surface area contributed by atoms with Gasteiger partial charge in [-0.15, -0.1) is 0 Å². The van der Waals surface area contributed by atoms with E-state index in [1.54, 1.807) is 12.5 Å². The van der Waals surface area contributed by atoms with Crippen molar-refractivity contribution in [2.24, 2.45) is 0 Å². The molecule has 4 rings (SSSR count). The van der Waals surface area contributed by atoms with Gasteiger partial charge in [0.15, 0.2) is 4.64 Å². The van der Waals surface area contributed by atoms with Gasteiger partial charge in [0, 0.05) is 12.2 Å². The second-order valence-electron chi connectivity index (χ2n) is 5.49. The third kappa shape index (κ3) is 1.93. The summed E-state index contributed by atoms with van der Waals surface area (Å²) in [6.45, 7) is 2.89. The Labute approximate surface area is 127 Å². The zero-order valence-electron chi connectivity index (χ0n) is 11.8. The summed E-state index contributed by atoms with van der Waals surface area (Å²) in [7, 11) is 0. The summed E-state index contributed by atoms with van der Waals surface area (Å²) in [5.74, 6) is 1.49. The molecule has 0 saturated heterocycles. The molecule has 3 aromatic rings. The Morgan fingerprint density at radius 1 is 1.29 bits per heavy atom. The van der Waals surface area contributed by atoms with Crippen LogP contribution in [-0.4, -0.2) is 19.5 Å². The van der Waals surface area contributed by atoms with Crippen LogP contribution in [0.25, 0.3) is 22.5 Å². The zero-order chi connectivity index (χ0) is 14.4. The Bertz CT molecular complexity index is 874. The van der Waals surface area contributed by atoms with Gasteiger partial charge in [0.1, 0.15) is 11.3 Å². The monoisotopic (exact) mass is 300 g/mol. The van der Waals surface area contributed by atoms with Gasteiger partial charge < -0.3 is 14.0 Å². The molecule has 6 heteroatoms. The minimum absolute atomic E-state index is 0.640. The van der Waals surface area contributed by atoms with Crippen LogP contribution in [0.4, 0.5) is 0 Å². The van der Waals surface area contributed by atoms with Crippen molar-refractivity contribution in [2.75, 3.05) is 0 Å². The molecule has 0 amide bonds. The van der Waals surface area contributed by atoms with Gasteiger partial charge in [-0.05, 0) is 26.2 Å². The highest BCUT2D eigenvalue weighted by molar-refractivity contribution is 7.71. The molecule has 0 unspecified atom stereocenters. The molecular weight excluding hydrogens is 284 g/mol. The Morgan fingerprint density at radius 2 is 2.19 bits per heavy atom. The van der Waals surface area contributed by atoms with Crippen molar-refractivity contribution in [3.05, 3.63) is 28.6 Å². The highest BCUT2D eigenvalue weighted by Gasteiger charge is 2.24. The van der Waals surface area contributed by atoms with Crippen molar-refractivity contribution in [1.29, 1.82) is 0 Å². The van der Waals surface area contributed by atoms with E-state index in [1.807, 2.05) is 6.92 Å². The smallest absolute Gasteiger partial charge is 0.230 e. The summed E-state index contributed by atoms with van der Waals surface area (Å²) in [4.78, 5) is 11.9. The van der Waals surface area contributed by atoms with Crippen molar-refractivity contribution in [2.45, 2.75) is 39.2 Å². The molecule has 21 heavy (non-hydrogen) atoms. The largest absolute Gasteiger partial charge is 0.441 e. The van der Waals surface area contributed by atoms with Crippen LogP contribution in [0.1, 0.15) is 30.7 Å². The average Bonchev–Trinajstić information content (AvgIpc) is 2.92. The van der Waals surface area contributed by atoms with Crippen LogP contribution in [0.5, 0.6) is 0 Å². The molecular formula is C15H16N4OS. The summed E-state index contributed by atoms with van der Waals surface area (Å²) in [5, 5.41) is 0. The molecule has 4 heterocycles. The summed E-state index contributed by atoms with van der Waals surface area (Å²) in [6.07, 6.45) is 8.04. The fourth-order valence-corrected chi connectivity index (χ4v) is 3.46. The van der Waals surface area contributed by atoms with E-state index in [1.165, 1.54) is 25.0 Å². The second-order valence-corrected chi connectivity index (χ2v) is 5.88. The molecule has 5 nitrogen and oxygen atoms in total. The maximum Gasteiger partial charge on any atom is 0.230 e. The fourth-order valence-electron chi connectivity index (χ4n) is 3.19. The Balaban J connectivity index is 2.12. The first-order valence-corrected chi connectivity index (χ1v) is 7.68. The minimum atomic E-state index is 0.640. The van der Waals surface area contributed by atoms with Crippen LogP contribution in [0, 0.1) is 11.6 Å². The molecule has 0 saturated carbocycles. The summed E-state index contributed by atoms with van der Waals surface area (Å²) in [6, 6.07) is 0. The lowest BCUT2D eigenvalue weighted by Gasteiger charge is -2.05. The first-order chi connectivity index (χ1) is 10.3. The number of hydrogen-bond acceptors (Lipinski definition) is 4. The summed E-state index contributed by atoms with van der Waals surface area (Å²) >= 11 is 5.45. The van der Waals surface area contributed by atoms with Crippen LogP contribution >= 0.6 is 12.2 Å². The molecule has 1 aliphatic heterocycles. The van der Waals surface area contributed by atoms with E-state index in [0.717, 1.165) is 35.3 Å². The first kappa shape index (κ1) is 12.8. The van der Waals surface area contributed by atoms with E-state index < -0.39 is 0 Å². The SMILES string of the molecule is Cc1cnc(-c2c3n(c4c(=S)nc[nH]c24)CCCCC3)o1. The summed E-state index contributed by atoms with van der Waals surface area (Å²) < 4.78 is 8.73. The molecule has 0 radical (unpaired) electrons. The Hall–Kier alpha value is -1.95. The van der Waals surface area contributed by atoms with Crippen molar-refractivity contribution in [3.8, 4) is 11.5 Å². The summed E-state index contributed by atoms with van der Waals surface area (Å²) in [5.41, 5.74) is 4.32. The molecule has 3 aromatic heterocycles. The van der Waals surface area contributed by atoms with Crippen LogP contribution in [-0.2, 0) is 13.0 Å². The van der Waals surface area contributed by atoms with Crippen LogP contribution in [0.15, 0.2) is 16.9 Å². The average molecular weight is 300 g/mol. The van der Waals surface area contributed by atoms with Crippen LogP contribution < -0.4 is 0 Å². The van der Waals surface area contributed by atoms with E-state index in [9.17, 15) is 0 Å². The number of nitrogens with one attached hydrogen (secondary N) is 1. The molecule has 0 spiro atoms. The molecule has 108 valence electrons. The van der Waals surface area contributed by atoms with Crippen molar-refractivity contribution in [3.63, 3.8) is 0 Å². The van der Waals surface area contributed by atoms with E-state index in [4.69, 9.17) is 16.6 Å². The van der Waals surface area contributed by atoms with Gasteiger partial charge in [0.25, 0.3) is 0 Å². The third-order valence-electron chi connectivity index (χ3n) is 4.09. The number of fused-ring (bicyclic) bond motifs is 3. The lowest BCUT2D eigenvalue weighted by Crippen LogP contribution is -2.01. The van der Waals surface area contributed by atoms with E-state index in [-0.39, 0.29) is 0 Å². The molecule has 0 atom stereocenters. The third-order valence-corrected chi connectivity index (χ3v) is 4.39. The van der Waals surface area contributed by atoms with Gasteiger partial charge in [-0.25, -0.2) is 9.97 Å². The lowest BCUT2D eigenvalue weighted by molar-refractivity contribution is 0.541. The number of aromatic amines is 1. The van der Waals surface area contributed by atoms with Gasteiger partial charge in [0.2, 0.25) is 5.89 Å². The normalized spacial score (nSPS) is 15.1. The van der Waals surface area contributed by atoms with Gasteiger partial charge in [0.05, 0.1) is 23.6 Å². The van der Waals surface area contributed by atoms with E-state index >= 15 is 0 Å². The Kier molecular flexibility index (Phi) is 2.92. The standard InChI is InChI=1S/C15H16N4OS/c1-9-7-16-14(20-9)11-10-5-3-2-4-6-19(10)13-12(11)17-8-18-15(13)21/h7-8H,2-6H2,1H3,(H,17,18,21). The topological polar surface area (TPSA) is 59.6 Å². The molecule has 0 aliphatic carbocycles. The lowest BCUT2D eigenvalue weighted by atomic mass is 10.1. The minimum Gasteiger partial charge on any atom is -0.441 e. The molecule has 1 N–H and O–H groups in total. The fraction of sp³-hybridized carbons (Fsp3) is 0.400. The number of aryl methyl sites for hydroxylation is 2. The maximum absolute atomic E-state index is 5.78. The number of nitrogens with zero attached hydrogens (tertiary/aromatic N) is 3. The Morgan fingerprint density at radius 3 is 3.00 bits per heavy atom. The van der Waals surface area contributed by atoms with Crippen LogP contribution in [0.3, 0.4) is 0 Å². The first-order valence-electron chi connectivity index (χ1n) is 7.27. The van der Waals surface area contributed by atoms with Gasteiger partial charge >= 0.3 is 0 Å².